The Balaban J connectivity index is 2.31. The summed E-state index contributed by atoms with van der Waals surface area (Å²) in [5, 5.41) is 0.306. The Kier molecular flexibility index (Phi) is 4.81. The molecule has 1 unspecified atom stereocenters. The highest BCUT2D eigenvalue weighted by Gasteiger charge is 2.24. The van der Waals surface area contributed by atoms with Gasteiger partial charge in [0.25, 0.3) is 0 Å². The third-order valence-corrected chi connectivity index (χ3v) is 4.08. The molecule has 0 radical (unpaired) electrons. The van der Waals surface area contributed by atoms with Crippen LogP contribution in [0.2, 0.25) is 5.28 Å². The van der Waals surface area contributed by atoms with E-state index in [0.717, 1.165) is 42.8 Å². The first kappa shape index (κ1) is 14.0. The minimum absolute atomic E-state index is 0.306. The average Bonchev–Trinajstić information content (AvgIpc) is 2.53. The van der Waals surface area contributed by atoms with E-state index in [1.165, 1.54) is 0 Å². The summed E-state index contributed by atoms with van der Waals surface area (Å²) in [6.45, 7) is 5.41. The van der Waals surface area contributed by atoms with Crippen LogP contribution in [0.25, 0.3) is 0 Å². The van der Waals surface area contributed by atoms with Gasteiger partial charge in [-0.3, -0.25) is 0 Å². The molecule has 0 amide bonds. The van der Waals surface area contributed by atoms with Gasteiger partial charge in [-0.2, -0.15) is 4.98 Å². The molecular formula is C12H18BrClN4. The van der Waals surface area contributed by atoms with Crippen LogP contribution >= 0.6 is 27.5 Å². The van der Waals surface area contributed by atoms with E-state index >= 15 is 0 Å². The first-order valence-corrected chi connectivity index (χ1v) is 7.42. The lowest BCUT2D eigenvalue weighted by molar-refractivity contribution is 0.327. The van der Waals surface area contributed by atoms with Crippen molar-refractivity contribution < 1.29 is 0 Å². The molecule has 0 aliphatic carbocycles. The molecule has 1 fully saturated rings. The molecule has 1 aliphatic heterocycles. The van der Waals surface area contributed by atoms with Gasteiger partial charge < -0.3 is 9.80 Å². The van der Waals surface area contributed by atoms with Crippen molar-refractivity contribution in [2.45, 2.75) is 25.8 Å². The fourth-order valence-corrected chi connectivity index (χ4v) is 2.96. The predicted octanol–water partition coefficient (Wildman–Crippen LogP) is 2.81. The van der Waals surface area contributed by atoms with Crippen molar-refractivity contribution in [2.75, 3.05) is 31.6 Å². The van der Waals surface area contributed by atoms with Gasteiger partial charge in [0.2, 0.25) is 5.28 Å². The summed E-state index contributed by atoms with van der Waals surface area (Å²) in [6, 6.07) is 0.472. The Morgan fingerprint density at radius 1 is 1.50 bits per heavy atom. The summed E-state index contributed by atoms with van der Waals surface area (Å²) in [5.41, 5.74) is 0. The molecule has 1 saturated heterocycles. The Labute approximate surface area is 121 Å². The van der Waals surface area contributed by atoms with Crippen molar-refractivity contribution in [1.82, 2.24) is 14.9 Å². The van der Waals surface area contributed by atoms with Crippen LogP contribution in [0.1, 0.15) is 19.8 Å². The highest BCUT2D eigenvalue weighted by molar-refractivity contribution is 9.10. The molecule has 2 heterocycles. The molecule has 18 heavy (non-hydrogen) atoms. The maximum atomic E-state index is 5.92. The van der Waals surface area contributed by atoms with E-state index in [-0.39, 0.29) is 0 Å². The lowest BCUT2D eigenvalue weighted by Gasteiger charge is -2.31. The molecule has 1 aromatic heterocycles. The Bertz CT molecular complexity index is 415. The predicted molar refractivity (Wildman–Crippen MR) is 78.3 cm³/mol. The van der Waals surface area contributed by atoms with E-state index in [9.17, 15) is 0 Å². The zero-order valence-electron chi connectivity index (χ0n) is 10.7. The van der Waals surface area contributed by atoms with Gasteiger partial charge in [-0.15, -0.1) is 0 Å². The van der Waals surface area contributed by atoms with Gasteiger partial charge in [-0.25, -0.2) is 4.98 Å². The zero-order valence-corrected chi connectivity index (χ0v) is 13.1. The molecule has 100 valence electrons. The van der Waals surface area contributed by atoms with Crippen LogP contribution in [0.15, 0.2) is 10.7 Å². The quantitative estimate of drug-likeness (QED) is 0.779. The minimum atomic E-state index is 0.306. The summed E-state index contributed by atoms with van der Waals surface area (Å²) in [6.07, 6.45) is 3.96. The van der Waals surface area contributed by atoms with Crippen molar-refractivity contribution in [2.24, 2.45) is 0 Å². The number of anilines is 1. The van der Waals surface area contributed by atoms with E-state index in [1.54, 1.807) is 6.20 Å². The zero-order chi connectivity index (χ0) is 13.1. The van der Waals surface area contributed by atoms with E-state index in [0.29, 0.717) is 11.3 Å². The molecule has 2 rings (SSSR count). The van der Waals surface area contributed by atoms with Gasteiger partial charge in [0.15, 0.2) is 0 Å². The van der Waals surface area contributed by atoms with E-state index < -0.39 is 0 Å². The van der Waals surface area contributed by atoms with Crippen molar-refractivity contribution in [3.63, 3.8) is 0 Å². The van der Waals surface area contributed by atoms with Crippen molar-refractivity contribution >= 4 is 33.3 Å². The fraction of sp³-hybridized carbons (Fsp3) is 0.667. The van der Waals surface area contributed by atoms with Crippen LogP contribution in [0, 0.1) is 0 Å². The second kappa shape index (κ2) is 6.17. The van der Waals surface area contributed by atoms with Crippen LogP contribution in [-0.2, 0) is 0 Å². The number of rotatable bonds is 2. The smallest absolute Gasteiger partial charge is 0.224 e. The van der Waals surface area contributed by atoms with Gasteiger partial charge in [-0.1, -0.05) is 6.92 Å². The molecule has 1 aromatic rings. The first-order chi connectivity index (χ1) is 8.61. The largest absolute Gasteiger partial charge is 0.351 e. The van der Waals surface area contributed by atoms with Gasteiger partial charge in [0.05, 0.1) is 4.47 Å². The van der Waals surface area contributed by atoms with Gasteiger partial charge >= 0.3 is 0 Å². The maximum Gasteiger partial charge on any atom is 0.224 e. The highest BCUT2D eigenvalue weighted by atomic mass is 79.9. The molecular weight excluding hydrogens is 316 g/mol. The lowest BCUT2D eigenvalue weighted by atomic mass is 10.2. The third-order valence-electron chi connectivity index (χ3n) is 3.34. The normalized spacial score (nSPS) is 22.0. The molecule has 1 aliphatic rings. The van der Waals surface area contributed by atoms with Crippen LogP contribution in [-0.4, -0.2) is 47.6 Å². The summed E-state index contributed by atoms with van der Waals surface area (Å²) in [7, 11) is 2.17. The number of aromatic nitrogens is 2. The first-order valence-electron chi connectivity index (χ1n) is 6.25. The third kappa shape index (κ3) is 3.13. The second-order valence-electron chi connectivity index (χ2n) is 4.68. The fourth-order valence-electron chi connectivity index (χ4n) is 2.41. The SMILES string of the molecule is CCC1CN(C)CCCN1c1nc(Cl)ncc1Br. The van der Waals surface area contributed by atoms with E-state index in [1.807, 2.05) is 0 Å². The van der Waals surface area contributed by atoms with Gasteiger partial charge in [0, 0.05) is 25.3 Å². The van der Waals surface area contributed by atoms with Gasteiger partial charge in [0.1, 0.15) is 5.82 Å². The molecule has 0 spiro atoms. The number of hydrogen-bond donors (Lipinski definition) is 0. The topological polar surface area (TPSA) is 32.3 Å². The van der Waals surface area contributed by atoms with E-state index in [2.05, 4.69) is 49.7 Å². The number of likely N-dealkylation sites (N-methyl/N-ethyl adjacent to an activating group) is 1. The van der Waals surface area contributed by atoms with Crippen LogP contribution in [0.5, 0.6) is 0 Å². The van der Waals surface area contributed by atoms with Crippen molar-refractivity contribution in [3.8, 4) is 0 Å². The Morgan fingerprint density at radius 2 is 2.28 bits per heavy atom. The number of nitrogens with zero attached hydrogens (tertiary/aromatic N) is 4. The van der Waals surface area contributed by atoms with Gasteiger partial charge in [-0.05, 0) is 54.0 Å². The molecule has 6 heteroatoms. The van der Waals surface area contributed by atoms with Crippen LogP contribution < -0.4 is 4.90 Å². The number of halogens is 2. The molecule has 1 atom stereocenters. The lowest BCUT2D eigenvalue weighted by Crippen LogP contribution is -2.40. The second-order valence-corrected chi connectivity index (χ2v) is 5.87. The standard InChI is InChI=1S/C12H18BrClN4/c1-3-9-8-17(2)5-4-6-18(9)11-10(13)7-15-12(14)16-11/h7,9H,3-6,8H2,1-2H3. The molecule has 0 N–H and O–H groups in total. The minimum Gasteiger partial charge on any atom is -0.351 e. The maximum absolute atomic E-state index is 5.92. The summed E-state index contributed by atoms with van der Waals surface area (Å²) < 4.78 is 0.912. The Hall–Kier alpha value is -0.390. The highest BCUT2D eigenvalue weighted by Crippen LogP contribution is 2.28. The molecule has 0 saturated carbocycles. The van der Waals surface area contributed by atoms with E-state index in [4.69, 9.17) is 11.6 Å². The summed E-state index contributed by atoms with van der Waals surface area (Å²) in [5.74, 6) is 0.914. The summed E-state index contributed by atoms with van der Waals surface area (Å²) >= 11 is 9.44. The van der Waals surface area contributed by atoms with Crippen LogP contribution in [0.4, 0.5) is 5.82 Å². The monoisotopic (exact) mass is 332 g/mol. The van der Waals surface area contributed by atoms with Crippen molar-refractivity contribution in [3.05, 3.63) is 16.0 Å². The Morgan fingerprint density at radius 3 is 3.00 bits per heavy atom. The van der Waals surface area contributed by atoms with Crippen molar-refractivity contribution in [1.29, 1.82) is 0 Å². The molecule has 0 bridgehead atoms. The number of hydrogen-bond acceptors (Lipinski definition) is 4. The summed E-state index contributed by atoms with van der Waals surface area (Å²) in [4.78, 5) is 13.1. The molecule has 4 nitrogen and oxygen atoms in total. The van der Waals surface area contributed by atoms with Crippen LogP contribution in [0.3, 0.4) is 0 Å². The molecule has 0 aromatic carbocycles. The average molecular weight is 334 g/mol.